The molecule has 2 rings (SSSR count). The van der Waals surface area contributed by atoms with Crippen molar-refractivity contribution in [2.75, 3.05) is 6.61 Å². The van der Waals surface area contributed by atoms with Gasteiger partial charge in [0.1, 0.15) is 6.61 Å². The molecule has 120 valence electrons. The maximum Gasteiger partial charge on any atom is 0.333 e. The minimum absolute atomic E-state index is 0.0608. The molecule has 1 N–H and O–H groups in total. The molecule has 0 saturated carbocycles. The Balaban J connectivity index is 2.29. The molecule has 0 aliphatic heterocycles. The van der Waals surface area contributed by atoms with E-state index < -0.39 is 5.97 Å². The zero-order chi connectivity index (χ0) is 16.8. The molecular weight excluding hydrogens is 288 g/mol. The summed E-state index contributed by atoms with van der Waals surface area (Å²) in [5, 5.41) is 9.20. The quantitative estimate of drug-likeness (QED) is 0.652. The number of hydrogen-bond donors (Lipinski definition) is 1. The molecule has 0 aliphatic rings. The van der Waals surface area contributed by atoms with Gasteiger partial charge in [0.15, 0.2) is 0 Å². The zero-order valence-electron chi connectivity index (χ0n) is 13.6. The predicted octanol–water partition coefficient (Wildman–Crippen LogP) is 3.82. The Morgan fingerprint density at radius 2 is 1.74 bits per heavy atom. The molecule has 0 amide bonds. The van der Waals surface area contributed by atoms with Crippen LogP contribution in [0.5, 0.6) is 0 Å². The van der Waals surface area contributed by atoms with Crippen LogP contribution in [0, 0.1) is 6.92 Å². The summed E-state index contributed by atoms with van der Waals surface area (Å²) < 4.78 is 5.27. The van der Waals surface area contributed by atoms with Gasteiger partial charge in [0, 0.05) is 12.2 Å². The molecule has 0 saturated heterocycles. The highest BCUT2D eigenvalue weighted by Gasteiger charge is 2.09. The van der Waals surface area contributed by atoms with Crippen molar-refractivity contribution >= 4 is 5.97 Å². The fraction of sp³-hybridized carbons (Fsp3) is 0.250. The molecule has 2 aromatic carbocycles. The fourth-order valence-corrected chi connectivity index (χ4v) is 2.32. The molecule has 3 heteroatoms. The second-order valence-electron chi connectivity index (χ2n) is 5.68. The van der Waals surface area contributed by atoms with Gasteiger partial charge in [-0.1, -0.05) is 48.5 Å². The van der Waals surface area contributed by atoms with Gasteiger partial charge in [-0.25, -0.2) is 4.79 Å². The van der Waals surface area contributed by atoms with Crippen LogP contribution in [-0.4, -0.2) is 17.7 Å². The average Bonchev–Trinajstić information content (AvgIpc) is 2.54. The van der Waals surface area contributed by atoms with E-state index in [1.807, 2.05) is 18.2 Å². The Bertz CT molecular complexity index is 699. The summed E-state index contributed by atoms with van der Waals surface area (Å²) in [7, 11) is 0. The van der Waals surface area contributed by atoms with E-state index in [1.54, 1.807) is 6.92 Å². The van der Waals surface area contributed by atoms with Crippen molar-refractivity contribution in [1.29, 1.82) is 0 Å². The van der Waals surface area contributed by atoms with Crippen LogP contribution in [0.4, 0.5) is 0 Å². The van der Waals surface area contributed by atoms with Crippen molar-refractivity contribution in [3.63, 3.8) is 0 Å². The maximum absolute atomic E-state index is 11.6. The molecule has 3 nitrogen and oxygen atoms in total. The molecule has 0 unspecified atom stereocenters. The van der Waals surface area contributed by atoms with Crippen LogP contribution in [0.3, 0.4) is 0 Å². The Morgan fingerprint density at radius 1 is 1.09 bits per heavy atom. The van der Waals surface area contributed by atoms with E-state index in [4.69, 9.17) is 4.74 Å². The lowest BCUT2D eigenvalue weighted by atomic mass is 9.97. The van der Waals surface area contributed by atoms with Gasteiger partial charge in [0.25, 0.3) is 0 Å². The second-order valence-corrected chi connectivity index (χ2v) is 5.68. The molecule has 2 aromatic rings. The van der Waals surface area contributed by atoms with Gasteiger partial charge in [-0.2, -0.15) is 0 Å². The Kier molecular flexibility index (Phi) is 5.72. The van der Waals surface area contributed by atoms with Gasteiger partial charge in [-0.05, 0) is 48.6 Å². The van der Waals surface area contributed by atoms with E-state index in [0.29, 0.717) is 12.0 Å². The third kappa shape index (κ3) is 4.54. The van der Waals surface area contributed by atoms with Crippen LogP contribution in [0.2, 0.25) is 0 Å². The molecule has 23 heavy (non-hydrogen) atoms. The summed E-state index contributed by atoms with van der Waals surface area (Å²) in [6, 6.07) is 14.3. The number of benzene rings is 2. The summed E-state index contributed by atoms with van der Waals surface area (Å²) in [6.45, 7) is 7.50. The largest absolute Gasteiger partial charge is 0.457 e. The predicted molar refractivity (Wildman–Crippen MR) is 92.0 cm³/mol. The summed E-state index contributed by atoms with van der Waals surface area (Å²) in [4.78, 5) is 11.6. The molecule has 0 radical (unpaired) electrons. The Hall–Kier alpha value is -2.39. The van der Waals surface area contributed by atoms with Crippen LogP contribution in [0.15, 0.2) is 54.6 Å². The lowest BCUT2D eigenvalue weighted by molar-refractivity contribution is -0.140. The maximum atomic E-state index is 11.6. The van der Waals surface area contributed by atoms with Crippen molar-refractivity contribution in [1.82, 2.24) is 0 Å². The fourth-order valence-electron chi connectivity index (χ4n) is 2.32. The van der Waals surface area contributed by atoms with E-state index >= 15 is 0 Å². The first-order chi connectivity index (χ1) is 11.0. The van der Waals surface area contributed by atoms with E-state index in [-0.39, 0.29) is 13.2 Å². The van der Waals surface area contributed by atoms with E-state index in [9.17, 15) is 9.90 Å². The molecule has 0 bridgehead atoms. The highest BCUT2D eigenvalue weighted by molar-refractivity contribution is 5.86. The SMILES string of the molecule is C=C(C)C(=O)OCc1cc(-c2ccc(C)cc2)ccc1CCO. The van der Waals surface area contributed by atoms with Gasteiger partial charge in [-0.15, -0.1) is 0 Å². The van der Waals surface area contributed by atoms with Crippen LogP contribution < -0.4 is 0 Å². The number of carbonyl (C=O) groups excluding carboxylic acids is 1. The highest BCUT2D eigenvalue weighted by Crippen LogP contribution is 2.24. The van der Waals surface area contributed by atoms with Crippen molar-refractivity contribution < 1.29 is 14.6 Å². The third-order valence-corrected chi connectivity index (χ3v) is 3.68. The number of aryl methyl sites for hydroxylation is 1. The lowest BCUT2D eigenvalue weighted by Crippen LogP contribution is -2.07. The molecule has 0 fully saturated rings. The lowest BCUT2D eigenvalue weighted by Gasteiger charge is -2.12. The van der Waals surface area contributed by atoms with Crippen LogP contribution in [0.1, 0.15) is 23.6 Å². The van der Waals surface area contributed by atoms with Crippen LogP contribution in [-0.2, 0) is 22.6 Å². The number of ether oxygens (including phenoxy) is 1. The number of rotatable bonds is 6. The van der Waals surface area contributed by atoms with Crippen molar-refractivity contribution in [3.8, 4) is 11.1 Å². The van der Waals surface area contributed by atoms with Gasteiger partial charge in [0.05, 0.1) is 0 Å². The molecule has 0 heterocycles. The molecule has 0 aromatic heterocycles. The normalized spacial score (nSPS) is 10.4. The van der Waals surface area contributed by atoms with Crippen molar-refractivity contribution in [3.05, 3.63) is 71.3 Å². The molecular formula is C20H22O3. The summed E-state index contributed by atoms with van der Waals surface area (Å²) in [6.07, 6.45) is 0.536. The standard InChI is InChI=1S/C20H22O3/c1-14(2)20(22)23-13-19-12-18(9-8-17(19)10-11-21)16-6-4-15(3)5-7-16/h4-9,12,21H,1,10-11,13H2,2-3H3. The van der Waals surface area contributed by atoms with Crippen LogP contribution >= 0.6 is 0 Å². The summed E-state index contributed by atoms with van der Waals surface area (Å²) in [5.74, 6) is -0.402. The minimum Gasteiger partial charge on any atom is -0.457 e. The number of carbonyl (C=O) groups is 1. The van der Waals surface area contributed by atoms with Crippen LogP contribution in [0.25, 0.3) is 11.1 Å². The smallest absolute Gasteiger partial charge is 0.333 e. The van der Waals surface area contributed by atoms with E-state index in [2.05, 4.69) is 37.8 Å². The van der Waals surface area contributed by atoms with Gasteiger partial charge in [0.2, 0.25) is 0 Å². The first-order valence-corrected chi connectivity index (χ1v) is 7.63. The summed E-state index contributed by atoms with van der Waals surface area (Å²) >= 11 is 0. The Labute approximate surface area is 137 Å². The van der Waals surface area contributed by atoms with E-state index in [1.165, 1.54) is 5.56 Å². The average molecular weight is 310 g/mol. The van der Waals surface area contributed by atoms with Crippen molar-refractivity contribution in [2.24, 2.45) is 0 Å². The van der Waals surface area contributed by atoms with E-state index in [0.717, 1.165) is 22.3 Å². The van der Waals surface area contributed by atoms with Gasteiger partial charge in [-0.3, -0.25) is 0 Å². The Morgan fingerprint density at radius 3 is 2.35 bits per heavy atom. The second kappa shape index (κ2) is 7.75. The van der Waals surface area contributed by atoms with Gasteiger partial charge >= 0.3 is 5.97 Å². The topological polar surface area (TPSA) is 46.5 Å². The van der Waals surface area contributed by atoms with Crippen molar-refractivity contribution in [2.45, 2.75) is 26.9 Å². The number of aliphatic hydroxyl groups is 1. The van der Waals surface area contributed by atoms with Gasteiger partial charge < -0.3 is 9.84 Å². The first kappa shape index (κ1) is 17.0. The molecule has 0 atom stereocenters. The number of esters is 1. The molecule has 0 aliphatic carbocycles. The monoisotopic (exact) mass is 310 g/mol. The summed E-state index contributed by atoms with van der Waals surface area (Å²) in [5.41, 5.74) is 5.65. The minimum atomic E-state index is -0.402. The first-order valence-electron chi connectivity index (χ1n) is 7.63. The third-order valence-electron chi connectivity index (χ3n) is 3.68. The molecule has 0 spiro atoms. The number of aliphatic hydroxyl groups excluding tert-OH is 1. The zero-order valence-corrected chi connectivity index (χ0v) is 13.6. The highest BCUT2D eigenvalue weighted by atomic mass is 16.5. The number of hydrogen-bond acceptors (Lipinski definition) is 3.